The van der Waals surface area contributed by atoms with Crippen LogP contribution in [0.5, 0.6) is 0 Å². The summed E-state index contributed by atoms with van der Waals surface area (Å²) in [5.41, 5.74) is 0. The molecule has 1 unspecified atom stereocenters. The molecule has 0 spiro atoms. The van der Waals surface area contributed by atoms with Gasteiger partial charge >= 0.3 is 0 Å². The Bertz CT molecular complexity index is 347. The summed E-state index contributed by atoms with van der Waals surface area (Å²) in [6, 6.07) is 0. The first-order chi connectivity index (χ1) is 9.65. The van der Waals surface area contributed by atoms with E-state index in [2.05, 4.69) is 15.6 Å². The molecule has 6 nitrogen and oxygen atoms in total. The molecule has 1 amide bonds. The minimum Gasteiger partial charge on any atom is -0.376 e. The average Bonchev–Trinajstić information content (AvgIpc) is 3.11. The fourth-order valence-corrected chi connectivity index (χ4v) is 2.04. The van der Waals surface area contributed by atoms with E-state index in [-0.39, 0.29) is 18.6 Å². The minimum atomic E-state index is 0.00892. The molecule has 0 aromatic heterocycles. The molecule has 1 atom stereocenters. The maximum Gasteiger partial charge on any atom is 0.243 e. The van der Waals surface area contributed by atoms with E-state index in [9.17, 15) is 4.79 Å². The summed E-state index contributed by atoms with van der Waals surface area (Å²) in [5, 5.41) is 6.59. The van der Waals surface area contributed by atoms with Crippen molar-refractivity contribution in [2.45, 2.75) is 31.8 Å². The highest BCUT2D eigenvalue weighted by Crippen LogP contribution is 2.27. The molecular formula is C14H26N4O2. The Hall–Kier alpha value is -1.30. The van der Waals surface area contributed by atoms with Crippen LogP contribution in [-0.4, -0.2) is 63.2 Å². The lowest BCUT2D eigenvalue weighted by atomic mass is 10.2. The summed E-state index contributed by atoms with van der Waals surface area (Å²) >= 11 is 0. The molecule has 2 rings (SSSR count). The molecule has 6 heteroatoms. The second-order valence-corrected chi connectivity index (χ2v) is 5.79. The topological polar surface area (TPSA) is 66.0 Å². The second kappa shape index (κ2) is 7.47. The summed E-state index contributed by atoms with van der Waals surface area (Å²) in [4.78, 5) is 17.5. The third-order valence-electron chi connectivity index (χ3n) is 3.65. The van der Waals surface area contributed by atoms with Gasteiger partial charge in [0.05, 0.1) is 6.10 Å². The third kappa shape index (κ3) is 5.36. The number of carbonyl (C=O) groups excluding carboxylic acids is 1. The van der Waals surface area contributed by atoms with Gasteiger partial charge in [-0.1, -0.05) is 0 Å². The SMILES string of the molecule is CN(C)C(=O)CN=C(NCC1CC1)NCC1CCCO1. The van der Waals surface area contributed by atoms with Gasteiger partial charge in [-0.15, -0.1) is 0 Å². The lowest BCUT2D eigenvalue weighted by Gasteiger charge is -2.16. The fourth-order valence-electron chi connectivity index (χ4n) is 2.04. The van der Waals surface area contributed by atoms with Crippen LogP contribution in [0.25, 0.3) is 0 Å². The largest absolute Gasteiger partial charge is 0.376 e. The van der Waals surface area contributed by atoms with Gasteiger partial charge in [-0.25, -0.2) is 4.99 Å². The van der Waals surface area contributed by atoms with Crippen molar-refractivity contribution in [3.05, 3.63) is 0 Å². The summed E-state index contributed by atoms with van der Waals surface area (Å²) in [7, 11) is 3.49. The first kappa shape index (κ1) is 15.1. The Kier molecular flexibility index (Phi) is 5.64. The third-order valence-corrected chi connectivity index (χ3v) is 3.65. The number of likely N-dealkylation sites (N-methyl/N-ethyl adjacent to an activating group) is 1. The van der Waals surface area contributed by atoms with E-state index in [1.54, 1.807) is 19.0 Å². The number of amides is 1. The number of nitrogens with one attached hydrogen (secondary N) is 2. The first-order valence-corrected chi connectivity index (χ1v) is 7.49. The second-order valence-electron chi connectivity index (χ2n) is 5.79. The van der Waals surface area contributed by atoms with Crippen molar-refractivity contribution < 1.29 is 9.53 Å². The molecule has 1 saturated heterocycles. The molecule has 0 aromatic rings. The van der Waals surface area contributed by atoms with Gasteiger partial charge in [-0.05, 0) is 31.6 Å². The number of nitrogens with zero attached hydrogens (tertiary/aromatic N) is 2. The van der Waals surface area contributed by atoms with Crippen LogP contribution >= 0.6 is 0 Å². The number of hydrogen-bond acceptors (Lipinski definition) is 3. The van der Waals surface area contributed by atoms with Gasteiger partial charge in [0, 0.05) is 33.8 Å². The molecular weight excluding hydrogens is 256 g/mol. The number of aliphatic imine (C=N–C) groups is 1. The zero-order valence-electron chi connectivity index (χ0n) is 12.5. The van der Waals surface area contributed by atoms with Crippen LogP contribution in [0.4, 0.5) is 0 Å². The van der Waals surface area contributed by atoms with Gasteiger partial charge in [0.15, 0.2) is 5.96 Å². The number of guanidine groups is 1. The Morgan fingerprint density at radius 3 is 2.60 bits per heavy atom. The highest BCUT2D eigenvalue weighted by Gasteiger charge is 2.22. The van der Waals surface area contributed by atoms with E-state index in [0.717, 1.165) is 44.4 Å². The number of hydrogen-bond donors (Lipinski definition) is 2. The number of carbonyl (C=O) groups is 1. The van der Waals surface area contributed by atoms with Gasteiger partial charge in [0.1, 0.15) is 6.54 Å². The van der Waals surface area contributed by atoms with Crippen molar-refractivity contribution in [1.29, 1.82) is 0 Å². The number of rotatable bonds is 6. The zero-order chi connectivity index (χ0) is 14.4. The Morgan fingerprint density at radius 2 is 2.00 bits per heavy atom. The predicted octanol–water partition coefficient (Wildman–Crippen LogP) is 0.199. The quantitative estimate of drug-likeness (QED) is 0.539. The standard InChI is InChI=1S/C14H26N4O2/c1-18(2)13(19)10-17-14(15-8-11-5-6-11)16-9-12-4-3-7-20-12/h11-12H,3-10H2,1-2H3,(H2,15,16,17). The van der Waals surface area contributed by atoms with Crippen molar-refractivity contribution in [2.24, 2.45) is 10.9 Å². The molecule has 1 saturated carbocycles. The van der Waals surface area contributed by atoms with Crippen LogP contribution in [0, 0.1) is 5.92 Å². The van der Waals surface area contributed by atoms with E-state index >= 15 is 0 Å². The normalized spacial score (nSPS) is 22.7. The molecule has 0 radical (unpaired) electrons. The van der Waals surface area contributed by atoms with Crippen molar-refractivity contribution in [2.75, 3.05) is 40.3 Å². The summed E-state index contributed by atoms with van der Waals surface area (Å²) in [6.07, 6.45) is 5.09. The van der Waals surface area contributed by atoms with Crippen molar-refractivity contribution in [3.8, 4) is 0 Å². The van der Waals surface area contributed by atoms with E-state index in [0.29, 0.717) is 0 Å². The zero-order valence-corrected chi connectivity index (χ0v) is 12.5. The molecule has 2 N–H and O–H groups in total. The molecule has 1 heterocycles. The molecule has 2 fully saturated rings. The average molecular weight is 282 g/mol. The molecule has 20 heavy (non-hydrogen) atoms. The summed E-state index contributed by atoms with van der Waals surface area (Å²) in [6.45, 7) is 2.73. The van der Waals surface area contributed by atoms with E-state index in [4.69, 9.17) is 4.74 Å². The van der Waals surface area contributed by atoms with Crippen LogP contribution in [0.15, 0.2) is 4.99 Å². The maximum absolute atomic E-state index is 11.6. The van der Waals surface area contributed by atoms with Crippen molar-refractivity contribution in [1.82, 2.24) is 15.5 Å². The highest BCUT2D eigenvalue weighted by atomic mass is 16.5. The Morgan fingerprint density at radius 1 is 1.25 bits per heavy atom. The molecule has 1 aliphatic heterocycles. The molecule has 0 aromatic carbocycles. The van der Waals surface area contributed by atoms with E-state index in [1.165, 1.54) is 12.8 Å². The van der Waals surface area contributed by atoms with Crippen molar-refractivity contribution in [3.63, 3.8) is 0 Å². The summed E-state index contributed by atoms with van der Waals surface area (Å²) in [5.74, 6) is 1.51. The lowest BCUT2D eigenvalue weighted by Crippen LogP contribution is -2.42. The van der Waals surface area contributed by atoms with Crippen LogP contribution < -0.4 is 10.6 Å². The van der Waals surface area contributed by atoms with Gasteiger partial charge in [-0.3, -0.25) is 4.79 Å². The predicted molar refractivity (Wildman–Crippen MR) is 78.7 cm³/mol. The molecule has 2 aliphatic rings. The summed E-state index contributed by atoms with van der Waals surface area (Å²) < 4.78 is 5.58. The van der Waals surface area contributed by atoms with Crippen LogP contribution in [0.3, 0.4) is 0 Å². The van der Waals surface area contributed by atoms with Crippen LogP contribution in [-0.2, 0) is 9.53 Å². The maximum atomic E-state index is 11.6. The van der Waals surface area contributed by atoms with Gasteiger partial charge in [0.25, 0.3) is 0 Å². The van der Waals surface area contributed by atoms with E-state index < -0.39 is 0 Å². The molecule has 1 aliphatic carbocycles. The molecule has 0 bridgehead atoms. The lowest BCUT2D eigenvalue weighted by molar-refractivity contribution is -0.127. The fraction of sp³-hybridized carbons (Fsp3) is 0.857. The molecule has 114 valence electrons. The smallest absolute Gasteiger partial charge is 0.243 e. The van der Waals surface area contributed by atoms with Gasteiger partial charge in [-0.2, -0.15) is 0 Å². The Balaban J connectivity index is 1.77. The Labute approximate surface area is 121 Å². The van der Waals surface area contributed by atoms with Crippen LogP contribution in [0.2, 0.25) is 0 Å². The van der Waals surface area contributed by atoms with Gasteiger partial charge < -0.3 is 20.3 Å². The first-order valence-electron chi connectivity index (χ1n) is 7.49. The number of ether oxygens (including phenoxy) is 1. The van der Waals surface area contributed by atoms with E-state index in [1.807, 2.05) is 0 Å². The van der Waals surface area contributed by atoms with Crippen LogP contribution in [0.1, 0.15) is 25.7 Å². The monoisotopic (exact) mass is 282 g/mol. The minimum absolute atomic E-state index is 0.00892. The van der Waals surface area contributed by atoms with Crippen molar-refractivity contribution >= 4 is 11.9 Å². The highest BCUT2D eigenvalue weighted by molar-refractivity contribution is 5.84. The van der Waals surface area contributed by atoms with Gasteiger partial charge in [0.2, 0.25) is 5.91 Å².